The Morgan fingerprint density at radius 2 is 1.89 bits per heavy atom. The molecule has 2 aromatic carbocycles. The van der Waals surface area contributed by atoms with Gasteiger partial charge in [-0.2, -0.15) is 5.26 Å². The van der Waals surface area contributed by atoms with Crippen molar-refractivity contribution in [2.24, 2.45) is 7.05 Å². The maximum absolute atomic E-state index is 15.1. The van der Waals surface area contributed by atoms with Gasteiger partial charge in [-0.15, -0.1) is 0 Å². The summed E-state index contributed by atoms with van der Waals surface area (Å²) in [5.41, 5.74) is 1.49. The molecule has 11 heteroatoms. The molecular weight excluding hydrogens is 578 g/mol. The Labute approximate surface area is 258 Å². The minimum absolute atomic E-state index is 0.0759. The second-order valence-corrected chi connectivity index (χ2v) is 12.1. The smallest absolute Gasteiger partial charge is 0.252 e. The van der Waals surface area contributed by atoms with Crippen molar-refractivity contribution in [3.63, 3.8) is 0 Å². The lowest BCUT2D eigenvalue weighted by Gasteiger charge is -2.45. The average Bonchev–Trinajstić information content (AvgIpc) is 3.72. The highest BCUT2D eigenvalue weighted by atomic mass is 19.3. The Bertz CT molecular complexity index is 1910. The van der Waals surface area contributed by atoms with Crippen molar-refractivity contribution in [1.82, 2.24) is 14.9 Å². The molecule has 3 amide bonds. The van der Waals surface area contributed by atoms with Crippen molar-refractivity contribution in [3.8, 4) is 6.07 Å². The Balaban J connectivity index is 1.40. The zero-order valence-corrected chi connectivity index (χ0v) is 24.5. The van der Waals surface area contributed by atoms with Crippen LogP contribution in [-0.4, -0.2) is 45.3 Å². The van der Waals surface area contributed by atoms with Gasteiger partial charge in [-0.25, -0.2) is 13.8 Å². The van der Waals surface area contributed by atoms with Gasteiger partial charge in [-0.1, -0.05) is 30.3 Å². The summed E-state index contributed by atoms with van der Waals surface area (Å²) in [5.74, 6) is -4.02. The van der Waals surface area contributed by atoms with Crippen LogP contribution in [0, 0.1) is 11.3 Å². The number of alkyl halides is 2. The molecular formula is C34H30F2N6O3. The van der Waals surface area contributed by atoms with Crippen molar-refractivity contribution >= 4 is 40.1 Å². The molecule has 2 atom stereocenters. The van der Waals surface area contributed by atoms with E-state index in [4.69, 9.17) is 0 Å². The number of aromatic nitrogens is 2. The van der Waals surface area contributed by atoms with Crippen LogP contribution in [0.15, 0.2) is 73.1 Å². The summed E-state index contributed by atoms with van der Waals surface area (Å²) in [6.07, 6.45) is 3.34. The van der Waals surface area contributed by atoms with Gasteiger partial charge in [0.2, 0.25) is 5.91 Å². The van der Waals surface area contributed by atoms with E-state index >= 15 is 4.79 Å². The first-order valence-corrected chi connectivity index (χ1v) is 15.0. The maximum Gasteiger partial charge on any atom is 0.252 e. The van der Waals surface area contributed by atoms with Crippen LogP contribution in [0.5, 0.6) is 0 Å². The first-order valence-electron chi connectivity index (χ1n) is 15.0. The SMILES string of the molecule is Cn1ccc2ccc(N(C(=O)[C@@H]3CCC(=O)N3c3cc(C#N)ccn3)[C@@]3(C(=O)NC4CC(F)(F)C4)CCc4ccccc43)cc21. The number of fused-ring (bicyclic) bond motifs is 2. The Morgan fingerprint density at radius 1 is 1.09 bits per heavy atom. The molecule has 2 aromatic heterocycles. The fraction of sp³-hybridized carbons (Fsp3) is 0.324. The van der Waals surface area contributed by atoms with E-state index in [-0.39, 0.29) is 36.6 Å². The minimum atomic E-state index is -2.85. The number of aryl methyl sites for hydroxylation is 2. The van der Waals surface area contributed by atoms with Crippen LogP contribution >= 0.6 is 0 Å². The molecule has 4 aromatic rings. The third-order valence-electron chi connectivity index (χ3n) is 9.37. The number of benzene rings is 2. The van der Waals surface area contributed by atoms with Gasteiger partial charge in [0.05, 0.1) is 11.6 Å². The molecule has 0 radical (unpaired) electrons. The molecule has 7 rings (SSSR count). The predicted molar refractivity (Wildman–Crippen MR) is 162 cm³/mol. The van der Waals surface area contributed by atoms with Gasteiger partial charge in [0.25, 0.3) is 17.7 Å². The van der Waals surface area contributed by atoms with E-state index in [9.17, 15) is 23.6 Å². The number of nitrogens with zero attached hydrogens (tertiary/aromatic N) is 5. The fourth-order valence-corrected chi connectivity index (χ4v) is 7.13. The number of carbonyl (C=O) groups excluding carboxylic acids is 3. The van der Waals surface area contributed by atoms with Crippen LogP contribution in [0.2, 0.25) is 0 Å². The lowest BCUT2D eigenvalue weighted by atomic mass is 9.83. The summed E-state index contributed by atoms with van der Waals surface area (Å²) < 4.78 is 29.7. The minimum Gasteiger partial charge on any atom is -0.351 e. The first-order chi connectivity index (χ1) is 21.6. The standard InChI is InChI=1S/C34H30F2N6O3/c1-40-15-12-23-6-7-25(17-28(23)40)42(31(44)27-8-9-30(43)41(27)29-16-21(20-37)11-14-38-29)34(13-10-22-4-2-3-5-26(22)34)32(45)39-24-18-33(35,36)19-24/h2-7,11-12,14-17,24,27H,8-10,13,18-19H2,1H3,(H,39,45)/t27-,34-/m0/s1. The second-order valence-electron chi connectivity index (χ2n) is 12.1. The molecule has 2 fully saturated rings. The number of pyridine rings is 1. The van der Waals surface area contributed by atoms with Gasteiger partial charge in [0.15, 0.2) is 5.54 Å². The van der Waals surface area contributed by atoms with E-state index in [1.54, 1.807) is 12.1 Å². The molecule has 1 saturated heterocycles. The molecule has 45 heavy (non-hydrogen) atoms. The molecule has 0 bridgehead atoms. The van der Waals surface area contributed by atoms with Crippen LogP contribution in [-0.2, 0) is 33.4 Å². The third-order valence-corrected chi connectivity index (χ3v) is 9.37. The van der Waals surface area contributed by atoms with E-state index in [0.717, 1.165) is 16.5 Å². The summed E-state index contributed by atoms with van der Waals surface area (Å²) in [6.45, 7) is 0. The fourth-order valence-electron chi connectivity index (χ4n) is 7.13. The molecule has 9 nitrogen and oxygen atoms in total. The summed E-state index contributed by atoms with van der Waals surface area (Å²) >= 11 is 0. The van der Waals surface area contributed by atoms with Gasteiger partial charge in [0, 0.05) is 55.9 Å². The number of amides is 3. The van der Waals surface area contributed by atoms with Gasteiger partial charge in [-0.05, 0) is 66.1 Å². The maximum atomic E-state index is 15.1. The third kappa shape index (κ3) is 4.63. The Hall–Kier alpha value is -5.11. The molecule has 0 spiro atoms. The van der Waals surface area contributed by atoms with E-state index < -0.39 is 48.2 Å². The van der Waals surface area contributed by atoms with Crippen molar-refractivity contribution in [2.75, 3.05) is 9.80 Å². The number of nitrogens with one attached hydrogen (secondary N) is 1. The van der Waals surface area contributed by atoms with Crippen LogP contribution in [0.1, 0.15) is 48.8 Å². The number of carbonyl (C=O) groups is 3. The van der Waals surface area contributed by atoms with E-state index in [1.165, 1.54) is 28.1 Å². The zero-order valence-electron chi connectivity index (χ0n) is 24.5. The quantitative estimate of drug-likeness (QED) is 0.340. The number of halogens is 2. The van der Waals surface area contributed by atoms with Crippen LogP contribution < -0.4 is 15.1 Å². The molecule has 3 aliphatic rings. The van der Waals surface area contributed by atoms with Crippen molar-refractivity contribution in [1.29, 1.82) is 5.26 Å². The average molecular weight is 609 g/mol. The zero-order chi connectivity index (χ0) is 31.5. The molecule has 228 valence electrons. The second kappa shape index (κ2) is 10.5. The number of hydrogen-bond acceptors (Lipinski definition) is 5. The van der Waals surface area contributed by atoms with Crippen LogP contribution in [0.25, 0.3) is 10.9 Å². The molecule has 0 unspecified atom stereocenters. The summed E-state index contributed by atoms with van der Waals surface area (Å²) in [6, 6.07) is 18.1. The summed E-state index contributed by atoms with van der Waals surface area (Å²) in [4.78, 5) is 50.1. The Morgan fingerprint density at radius 3 is 2.67 bits per heavy atom. The van der Waals surface area contributed by atoms with Gasteiger partial charge in [-0.3, -0.25) is 24.2 Å². The number of anilines is 2. The molecule has 1 aliphatic heterocycles. The topological polar surface area (TPSA) is 111 Å². The van der Waals surface area contributed by atoms with Crippen molar-refractivity contribution in [2.45, 2.75) is 62.1 Å². The number of rotatable bonds is 6. The number of hydrogen-bond donors (Lipinski definition) is 1. The van der Waals surface area contributed by atoms with Crippen molar-refractivity contribution < 1.29 is 23.2 Å². The largest absolute Gasteiger partial charge is 0.351 e. The van der Waals surface area contributed by atoms with E-state index in [2.05, 4.69) is 10.3 Å². The lowest BCUT2D eigenvalue weighted by molar-refractivity contribution is -0.137. The highest BCUT2D eigenvalue weighted by molar-refractivity contribution is 6.12. The van der Waals surface area contributed by atoms with Gasteiger partial charge in [0.1, 0.15) is 11.9 Å². The van der Waals surface area contributed by atoms with Crippen molar-refractivity contribution in [3.05, 3.63) is 89.7 Å². The highest BCUT2D eigenvalue weighted by Gasteiger charge is 2.57. The van der Waals surface area contributed by atoms with E-state index in [0.29, 0.717) is 17.7 Å². The molecule has 1 saturated carbocycles. The van der Waals surface area contributed by atoms with Gasteiger partial charge < -0.3 is 9.88 Å². The van der Waals surface area contributed by atoms with Crippen LogP contribution in [0.3, 0.4) is 0 Å². The highest BCUT2D eigenvalue weighted by Crippen LogP contribution is 2.47. The first kappa shape index (κ1) is 28.6. The number of nitriles is 1. The summed E-state index contributed by atoms with van der Waals surface area (Å²) in [5, 5.41) is 13.3. The predicted octanol–water partition coefficient (Wildman–Crippen LogP) is 4.73. The normalized spacial score (nSPS) is 22.1. The Kier molecular flexibility index (Phi) is 6.69. The molecule has 3 heterocycles. The summed E-state index contributed by atoms with van der Waals surface area (Å²) in [7, 11) is 1.88. The van der Waals surface area contributed by atoms with Crippen LogP contribution in [0.4, 0.5) is 20.3 Å². The van der Waals surface area contributed by atoms with E-state index in [1.807, 2.05) is 60.3 Å². The monoisotopic (exact) mass is 608 g/mol. The lowest BCUT2D eigenvalue weighted by Crippen LogP contribution is -2.64. The van der Waals surface area contributed by atoms with Gasteiger partial charge >= 0.3 is 0 Å². The molecule has 2 aliphatic carbocycles. The molecule has 1 N–H and O–H groups in total.